The Balaban J connectivity index is 2.62. The standard InChI is InChI=1S/C12H7ClF2O2S/c1-5-2-10(12(16)17)18-11(5)6-3-8(14)9(15)4-7(6)13/h2-4H,1H3,(H,16,17). The molecule has 0 saturated heterocycles. The van der Waals surface area contributed by atoms with Gasteiger partial charge in [0, 0.05) is 10.4 Å². The summed E-state index contributed by atoms with van der Waals surface area (Å²) < 4.78 is 26.2. The summed E-state index contributed by atoms with van der Waals surface area (Å²) in [6.45, 7) is 1.69. The predicted molar refractivity (Wildman–Crippen MR) is 66.4 cm³/mol. The fourth-order valence-electron chi connectivity index (χ4n) is 1.55. The van der Waals surface area contributed by atoms with Crippen molar-refractivity contribution in [1.29, 1.82) is 0 Å². The first-order chi connectivity index (χ1) is 8.40. The molecule has 0 unspecified atom stereocenters. The molecule has 2 nitrogen and oxygen atoms in total. The second-order valence-corrected chi connectivity index (χ2v) is 5.13. The van der Waals surface area contributed by atoms with Crippen LogP contribution in [0.1, 0.15) is 15.2 Å². The molecule has 18 heavy (non-hydrogen) atoms. The maximum Gasteiger partial charge on any atom is 0.345 e. The number of hydrogen-bond donors (Lipinski definition) is 1. The van der Waals surface area contributed by atoms with Crippen LogP contribution < -0.4 is 0 Å². The molecule has 0 bridgehead atoms. The van der Waals surface area contributed by atoms with Gasteiger partial charge < -0.3 is 5.11 Å². The number of halogens is 3. The number of benzene rings is 1. The molecule has 0 fully saturated rings. The molecule has 0 amide bonds. The normalized spacial score (nSPS) is 10.7. The van der Waals surface area contributed by atoms with Gasteiger partial charge in [0.15, 0.2) is 11.6 Å². The van der Waals surface area contributed by atoms with Gasteiger partial charge in [-0.15, -0.1) is 11.3 Å². The Morgan fingerprint density at radius 3 is 2.44 bits per heavy atom. The van der Waals surface area contributed by atoms with E-state index in [0.29, 0.717) is 16.0 Å². The zero-order chi connectivity index (χ0) is 13.4. The zero-order valence-corrected chi connectivity index (χ0v) is 10.7. The Morgan fingerprint density at radius 1 is 1.28 bits per heavy atom. The summed E-state index contributed by atoms with van der Waals surface area (Å²) in [5.41, 5.74) is 0.955. The second-order valence-electron chi connectivity index (χ2n) is 3.67. The molecule has 2 rings (SSSR count). The van der Waals surface area contributed by atoms with Crippen LogP contribution in [0.2, 0.25) is 5.02 Å². The minimum Gasteiger partial charge on any atom is -0.477 e. The van der Waals surface area contributed by atoms with Crippen LogP contribution in [-0.2, 0) is 0 Å². The van der Waals surface area contributed by atoms with Crippen molar-refractivity contribution >= 4 is 28.9 Å². The van der Waals surface area contributed by atoms with E-state index in [1.54, 1.807) is 6.92 Å². The molecule has 0 aliphatic carbocycles. The molecule has 0 atom stereocenters. The largest absolute Gasteiger partial charge is 0.477 e. The summed E-state index contributed by atoms with van der Waals surface area (Å²) in [6.07, 6.45) is 0. The third-order valence-corrected chi connectivity index (χ3v) is 3.95. The summed E-state index contributed by atoms with van der Waals surface area (Å²) in [6, 6.07) is 3.33. The molecule has 2 aromatic rings. The fraction of sp³-hybridized carbons (Fsp3) is 0.0833. The van der Waals surface area contributed by atoms with Crippen LogP contribution >= 0.6 is 22.9 Å². The van der Waals surface area contributed by atoms with E-state index in [9.17, 15) is 13.6 Å². The lowest BCUT2D eigenvalue weighted by atomic mass is 10.1. The average molecular weight is 289 g/mol. The Morgan fingerprint density at radius 2 is 1.89 bits per heavy atom. The SMILES string of the molecule is Cc1cc(C(=O)O)sc1-c1cc(F)c(F)cc1Cl. The highest BCUT2D eigenvalue weighted by Gasteiger charge is 2.17. The highest BCUT2D eigenvalue weighted by atomic mass is 35.5. The number of aryl methyl sites for hydroxylation is 1. The van der Waals surface area contributed by atoms with Gasteiger partial charge in [-0.3, -0.25) is 0 Å². The van der Waals surface area contributed by atoms with E-state index in [2.05, 4.69) is 0 Å². The van der Waals surface area contributed by atoms with Gasteiger partial charge in [-0.1, -0.05) is 11.6 Å². The van der Waals surface area contributed by atoms with Crippen molar-refractivity contribution in [3.05, 3.63) is 45.3 Å². The molecular formula is C12H7ClF2O2S. The second kappa shape index (κ2) is 4.66. The minimum atomic E-state index is -1.06. The Kier molecular flexibility index (Phi) is 3.36. The smallest absolute Gasteiger partial charge is 0.345 e. The van der Waals surface area contributed by atoms with Crippen molar-refractivity contribution in [1.82, 2.24) is 0 Å². The van der Waals surface area contributed by atoms with Gasteiger partial charge in [0.05, 0.1) is 5.02 Å². The van der Waals surface area contributed by atoms with E-state index in [1.165, 1.54) is 6.07 Å². The number of rotatable bonds is 2. The molecule has 94 valence electrons. The lowest BCUT2D eigenvalue weighted by molar-refractivity contribution is 0.0702. The Hall–Kier alpha value is -1.46. The molecule has 0 aliphatic rings. The first-order valence-corrected chi connectivity index (χ1v) is 6.08. The number of carboxylic acids is 1. The molecule has 0 saturated carbocycles. The van der Waals surface area contributed by atoms with Gasteiger partial charge in [-0.05, 0) is 30.7 Å². The maximum atomic E-state index is 13.2. The van der Waals surface area contributed by atoms with Crippen molar-refractivity contribution in [2.75, 3.05) is 0 Å². The van der Waals surface area contributed by atoms with Crippen LogP contribution in [0.4, 0.5) is 8.78 Å². The fourth-order valence-corrected chi connectivity index (χ4v) is 2.89. The number of thiophene rings is 1. The maximum absolute atomic E-state index is 13.2. The number of carboxylic acid groups (broad SMARTS) is 1. The molecule has 0 spiro atoms. The summed E-state index contributed by atoms with van der Waals surface area (Å²) in [4.78, 5) is 11.5. The van der Waals surface area contributed by atoms with E-state index >= 15 is 0 Å². The van der Waals surface area contributed by atoms with Crippen LogP contribution in [0.5, 0.6) is 0 Å². The number of hydrogen-bond acceptors (Lipinski definition) is 2. The monoisotopic (exact) mass is 288 g/mol. The topological polar surface area (TPSA) is 37.3 Å². The summed E-state index contributed by atoms with van der Waals surface area (Å²) in [7, 11) is 0. The average Bonchev–Trinajstić information content (AvgIpc) is 2.66. The molecular weight excluding hydrogens is 282 g/mol. The van der Waals surface area contributed by atoms with Gasteiger partial charge in [-0.2, -0.15) is 0 Å². The molecule has 0 aliphatic heterocycles. The van der Waals surface area contributed by atoms with Crippen molar-refractivity contribution in [2.24, 2.45) is 0 Å². The third kappa shape index (κ3) is 2.23. The highest BCUT2D eigenvalue weighted by molar-refractivity contribution is 7.17. The van der Waals surface area contributed by atoms with Crippen LogP contribution in [0, 0.1) is 18.6 Å². The lowest BCUT2D eigenvalue weighted by Crippen LogP contribution is -1.89. The minimum absolute atomic E-state index is 0.0517. The van der Waals surface area contributed by atoms with E-state index in [4.69, 9.17) is 16.7 Å². The van der Waals surface area contributed by atoms with Crippen LogP contribution in [-0.4, -0.2) is 11.1 Å². The van der Waals surface area contributed by atoms with Crippen LogP contribution in [0.15, 0.2) is 18.2 Å². The van der Waals surface area contributed by atoms with Gasteiger partial charge in [-0.25, -0.2) is 13.6 Å². The van der Waals surface area contributed by atoms with Gasteiger partial charge >= 0.3 is 5.97 Å². The molecule has 1 N–H and O–H groups in total. The van der Waals surface area contributed by atoms with Crippen molar-refractivity contribution in [2.45, 2.75) is 6.92 Å². The van der Waals surface area contributed by atoms with Crippen LogP contribution in [0.3, 0.4) is 0 Å². The van der Waals surface area contributed by atoms with Crippen molar-refractivity contribution < 1.29 is 18.7 Å². The lowest BCUT2D eigenvalue weighted by Gasteiger charge is -2.04. The van der Waals surface area contributed by atoms with Crippen LogP contribution in [0.25, 0.3) is 10.4 Å². The number of aromatic carboxylic acids is 1. The van der Waals surface area contributed by atoms with Crippen molar-refractivity contribution in [3.63, 3.8) is 0 Å². The van der Waals surface area contributed by atoms with Gasteiger partial charge in [0.1, 0.15) is 4.88 Å². The first-order valence-electron chi connectivity index (χ1n) is 4.88. The van der Waals surface area contributed by atoms with Gasteiger partial charge in [0.2, 0.25) is 0 Å². The Bertz CT molecular complexity index is 637. The molecule has 1 heterocycles. The van der Waals surface area contributed by atoms with E-state index in [-0.39, 0.29) is 9.90 Å². The first kappa shape index (κ1) is 13.0. The van der Waals surface area contributed by atoms with E-state index in [1.807, 2.05) is 0 Å². The highest BCUT2D eigenvalue weighted by Crippen LogP contribution is 2.37. The van der Waals surface area contributed by atoms with Gasteiger partial charge in [0.25, 0.3) is 0 Å². The third-order valence-electron chi connectivity index (χ3n) is 2.38. The molecule has 1 aromatic carbocycles. The van der Waals surface area contributed by atoms with E-state index < -0.39 is 17.6 Å². The quantitative estimate of drug-likeness (QED) is 0.834. The summed E-state index contributed by atoms with van der Waals surface area (Å²) >= 11 is 6.83. The molecule has 6 heteroatoms. The summed E-state index contributed by atoms with van der Waals surface area (Å²) in [5, 5.41) is 8.93. The molecule has 1 aromatic heterocycles. The van der Waals surface area contributed by atoms with E-state index in [0.717, 1.165) is 23.5 Å². The molecule has 0 radical (unpaired) electrons. The van der Waals surface area contributed by atoms with Crippen molar-refractivity contribution in [3.8, 4) is 10.4 Å². The number of carbonyl (C=O) groups is 1. The zero-order valence-electron chi connectivity index (χ0n) is 9.13. The Labute approximate surface area is 110 Å². The predicted octanol–water partition coefficient (Wildman–Crippen LogP) is 4.35. The summed E-state index contributed by atoms with van der Waals surface area (Å²) in [5.74, 6) is -3.11.